The molecule has 3 rings (SSSR count). The smallest absolute Gasteiger partial charge is 0.274 e. The van der Waals surface area contributed by atoms with E-state index in [1.165, 1.54) is 12.3 Å². The first kappa shape index (κ1) is 19.6. The maximum Gasteiger partial charge on any atom is 0.274 e. The Morgan fingerprint density at radius 2 is 1.61 bits per heavy atom. The molecule has 6 heteroatoms. The van der Waals surface area contributed by atoms with Crippen molar-refractivity contribution in [3.63, 3.8) is 0 Å². The van der Waals surface area contributed by atoms with Crippen molar-refractivity contribution in [1.82, 2.24) is 4.98 Å². The van der Waals surface area contributed by atoms with Gasteiger partial charge in [0.15, 0.2) is 0 Å². The van der Waals surface area contributed by atoms with E-state index in [4.69, 9.17) is 11.6 Å². The van der Waals surface area contributed by atoms with Crippen LogP contribution in [0.5, 0.6) is 0 Å². The molecule has 1 aromatic heterocycles. The summed E-state index contributed by atoms with van der Waals surface area (Å²) in [4.78, 5) is 29.2. The fourth-order valence-corrected chi connectivity index (χ4v) is 3.05. The molecule has 0 bridgehead atoms. The standard InChI is InChI=1S/C22H20ClN3O2/c1-13-9-14(2)11-17(10-13)25-21(27)16-7-8-24-20(12-16)22(28)26-19-6-4-5-18(23)15(19)3/h4-12H,1-3H3,(H,25,27)(H,26,28). The Kier molecular flexibility index (Phi) is 5.76. The van der Waals surface area contributed by atoms with E-state index >= 15 is 0 Å². The lowest BCUT2D eigenvalue weighted by Gasteiger charge is -2.10. The van der Waals surface area contributed by atoms with E-state index in [0.29, 0.717) is 22.0 Å². The second kappa shape index (κ2) is 8.23. The van der Waals surface area contributed by atoms with Gasteiger partial charge in [-0.05, 0) is 73.9 Å². The molecule has 0 aliphatic heterocycles. The highest BCUT2D eigenvalue weighted by Gasteiger charge is 2.14. The molecule has 0 saturated heterocycles. The van der Waals surface area contributed by atoms with Crippen LogP contribution in [0.3, 0.4) is 0 Å². The molecule has 0 aliphatic rings. The Labute approximate surface area is 168 Å². The highest BCUT2D eigenvalue weighted by atomic mass is 35.5. The highest BCUT2D eigenvalue weighted by molar-refractivity contribution is 6.31. The number of hydrogen-bond acceptors (Lipinski definition) is 3. The number of rotatable bonds is 4. The van der Waals surface area contributed by atoms with Gasteiger partial charge in [-0.15, -0.1) is 0 Å². The van der Waals surface area contributed by atoms with Gasteiger partial charge in [-0.25, -0.2) is 0 Å². The fraction of sp³-hybridized carbons (Fsp3) is 0.136. The number of amides is 2. The van der Waals surface area contributed by atoms with Crippen LogP contribution in [-0.2, 0) is 0 Å². The maximum absolute atomic E-state index is 12.6. The first-order chi connectivity index (χ1) is 13.3. The normalized spacial score (nSPS) is 10.4. The lowest BCUT2D eigenvalue weighted by Crippen LogP contribution is -2.17. The van der Waals surface area contributed by atoms with Crippen molar-refractivity contribution in [1.29, 1.82) is 0 Å². The molecule has 0 fully saturated rings. The van der Waals surface area contributed by atoms with Crippen molar-refractivity contribution in [3.8, 4) is 0 Å². The number of benzene rings is 2. The van der Waals surface area contributed by atoms with Gasteiger partial charge in [0.2, 0.25) is 0 Å². The van der Waals surface area contributed by atoms with Crippen LogP contribution in [0.4, 0.5) is 11.4 Å². The number of carbonyl (C=O) groups is 2. The lowest BCUT2D eigenvalue weighted by molar-refractivity contribution is 0.102. The highest BCUT2D eigenvalue weighted by Crippen LogP contribution is 2.23. The molecule has 142 valence electrons. The number of hydrogen-bond donors (Lipinski definition) is 2. The predicted molar refractivity (Wildman–Crippen MR) is 112 cm³/mol. The third-order valence-electron chi connectivity index (χ3n) is 4.25. The van der Waals surface area contributed by atoms with E-state index in [-0.39, 0.29) is 11.6 Å². The molecule has 0 spiro atoms. The number of nitrogens with one attached hydrogen (secondary N) is 2. The van der Waals surface area contributed by atoms with Crippen LogP contribution in [0, 0.1) is 20.8 Å². The van der Waals surface area contributed by atoms with Crippen LogP contribution in [0.25, 0.3) is 0 Å². The van der Waals surface area contributed by atoms with Gasteiger partial charge in [-0.3, -0.25) is 14.6 Å². The summed E-state index contributed by atoms with van der Waals surface area (Å²) < 4.78 is 0. The summed E-state index contributed by atoms with van der Waals surface area (Å²) in [6, 6.07) is 14.1. The summed E-state index contributed by atoms with van der Waals surface area (Å²) in [5.74, 6) is -0.716. The molecule has 2 N–H and O–H groups in total. The van der Waals surface area contributed by atoms with E-state index in [0.717, 1.165) is 16.7 Å². The van der Waals surface area contributed by atoms with E-state index in [9.17, 15) is 9.59 Å². The number of aromatic nitrogens is 1. The predicted octanol–water partition coefficient (Wildman–Crippen LogP) is 5.16. The monoisotopic (exact) mass is 393 g/mol. The van der Waals surface area contributed by atoms with Gasteiger partial charge in [-0.2, -0.15) is 0 Å². The average Bonchev–Trinajstić information content (AvgIpc) is 2.64. The number of nitrogens with zero attached hydrogens (tertiary/aromatic N) is 1. The third-order valence-corrected chi connectivity index (χ3v) is 4.66. The SMILES string of the molecule is Cc1cc(C)cc(NC(=O)c2ccnc(C(=O)Nc3cccc(Cl)c3C)c2)c1. The van der Waals surface area contributed by atoms with Gasteiger partial charge in [0.05, 0.1) is 0 Å². The molecule has 2 amide bonds. The number of aryl methyl sites for hydroxylation is 2. The van der Waals surface area contributed by atoms with Gasteiger partial charge in [0.25, 0.3) is 11.8 Å². The minimum Gasteiger partial charge on any atom is -0.322 e. The Hall–Kier alpha value is -3.18. The van der Waals surface area contributed by atoms with Crippen LogP contribution >= 0.6 is 11.6 Å². The third kappa shape index (κ3) is 4.56. The van der Waals surface area contributed by atoms with Gasteiger partial charge in [0.1, 0.15) is 5.69 Å². The van der Waals surface area contributed by atoms with E-state index < -0.39 is 5.91 Å². The van der Waals surface area contributed by atoms with Crippen LogP contribution < -0.4 is 10.6 Å². The summed E-state index contributed by atoms with van der Waals surface area (Å²) in [6.45, 7) is 5.75. The van der Waals surface area contributed by atoms with Crippen molar-refractivity contribution in [3.05, 3.63) is 87.7 Å². The van der Waals surface area contributed by atoms with Crippen molar-refractivity contribution in [2.24, 2.45) is 0 Å². The van der Waals surface area contributed by atoms with Crippen molar-refractivity contribution < 1.29 is 9.59 Å². The fourth-order valence-electron chi connectivity index (χ4n) is 2.88. The van der Waals surface area contributed by atoms with Crippen molar-refractivity contribution in [2.75, 3.05) is 10.6 Å². The summed E-state index contributed by atoms with van der Waals surface area (Å²) in [5, 5.41) is 6.20. The van der Waals surface area contributed by atoms with Crippen LogP contribution in [0.15, 0.2) is 54.7 Å². The second-order valence-corrected chi connectivity index (χ2v) is 7.03. The van der Waals surface area contributed by atoms with E-state index in [1.807, 2.05) is 39.0 Å². The molecule has 0 radical (unpaired) electrons. The number of carbonyl (C=O) groups excluding carboxylic acids is 2. The quantitative estimate of drug-likeness (QED) is 0.642. The minimum absolute atomic E-state index is 0.146. The molecule has 5 nitrogen and oxygen atoms in total. The van der Waals surface area contributed by atoms with Crippen LogP contribution in [-0.4, -0.2) is 16.8 Å². The molecule has 3 aromatic rings. The Balaban J connectivity index is 1.78. The second-order valence-electron chi connectivity index (χ2n) is 6.63. The van der Waals surface area contributed by atoms with Crippen molar-refractivity contribution >= 4 is 34.8 Å². The summed E-state index contributed by atoms with van der Waals surface area (Å²) >= 11 is 6.09. The summed E-state index contributed by atoms with van der Waals surface area (Å²) in [5.41, 5.74) is 4.68. The molecule has 0 aliphatic carbocycles. The van der Waals surface area contributed by atoms with Gasteiger partial charge < -0.3 is 10.6 Å². The summed E-state index contributed by atoms with van der Waals surface area (Å²) in [7, 11) is 0. The zero-order valence-corrected chi connectivity index (χ0v) is 16.6. The van der Waals surface area contributed by atoms with Crippen LogP contribution in [0.2, 0.25) is 5.02 Å². The largest absolute Gasteiger partial charge is 0.322 e. The molecular weight excluding hydrogens is 374 g/mol. The molecule has 0 saturated carbocycles. The molecule has 0 atom stereocenters. The van der Waals surface area contributed by atoms with E-state index in [1.54, 1.807) is 24.3 Å². The zero-order chi connectivity index (χ0) is 20.3. The molecule has 0 unspecified atom stereocenters. The first-order valence-corrected chi connectivity index (χ1v) is 9.13. The molecule has 1 heterocycles. The number of halogens is 1. The number of anilines is 2. The Bertz CT molecular complexity index is 1040. The van der Waals surface area contributed by atoms with E-state index in [2.05, 4.69) is 15.6 Å². The molecule has 2 aromatic carbocycles. The van der Waals surface area contributed by atoms with Gasteiger partial charge in [0, 0.05) is 28.2 Å². The lowest BCUT2D eigenvalue weighted by atomic mass is 10.1. The van der Waals surface area contributed by atoms with Gasteiger partial charge >= 0.3 is 0 Å². The minimum atomic E-state index is -0.411. The zero-order valence-electron chi connectivity index (χ0n) is 15.8. The molecular formula is C22H20ClN3O2. The van der Waals surface area contributed by atoms with Crippen LogP contribution in [0.1, 0.15) is 37.5 Å². The maximum atomic E-state index is 12.6. The first-order valence-electron chi connectivity index (χ1n) is 8.75. The average molecular weight is 394 g/mol. The Morgan fingerprint density at radius 3 is 2.32 bits per heavy atom. The molecule has 28 heavy (non-hydrogen) atoms. The topological polar surface area (TPSA) is 71.1 Å². The summed E-state index contributed by atoms with van der Waals surface area (Å²) in [6.07, 6.45) is 1.44. The number of pyridine rings is 1. The van der Waals surface area contributed by atoms with Gasteiger partial charge in [-0.1, -0.05) is 23.7 Å². The Morgan fingerprint density at radius 1 is 0.893 bits per heavy atom. The van der Waals surface area contributed by atoms with Crippen molar-refractivity contribution in [2.45, 2.75) is 20.8 Å².